The third kappa shape index (κ3) is 2.79. The van der Waals surface area contributed by atoms with Crippen molar-refractivity contribution in [3.05, 3.63) is 10.6 Å². The maximum absolute atomic E-state index is 9.34. The second-order valence-electron chi connectivity index (χ2n) is 8.49. The summed E-state index contributed by atoms with van der Waals surface area (Å²) in [5.41, 5.74) is 0.542. The van der Waals surface area contributed by atoms with E-state index in [0.717, 1.165) is 24.3 Å². The molecule has 1 aromatic rings. The zero-order chi connectivity index (χ0) is 16.2. The summed E-state index contributed by atoms with van der Waals surface area (Å²) in [6.07, 6.45) is 8.77. The lowest BCUT2D eigenvalue weighted by Gasteiger charge is -2.57. The van der Waals surface area contributed by atoms with Crippen LogP contribution in [0.2, 0.25) is 0 Å². The molecule has 4 saturated carbocycles. The van der Waals surface area contributed by atoms with Crippen LogP contribution < -0.4 is 0 Å². The number of hydrogen-bond acceptors (Lipinski definition) is 4. The van der Waals surface area contributed by atoms with Crippen LogP contribution in [0.5, 0.6) is 0 Å². The van der Waals surface area contributed by atoms with Crippen LogP contribution in [0.1, 0.15) is 44.3 Å². The first-order chi connectivity index (χ1) is 11.0. The maximum Gasteiger partial charge on any atom is 0.198 e. The summed E-state index contributed by atoms with van der Waals surface area (Å²) >= 11 is 5.44. The Morgan fingerprint density at radius 3 is 2.26 bits per heavy atom. The fourth-order valence-corrected chi connectivity index (χ4v) is 6.30. The molecule has 4 fully saturated rings. The van der Waals surface area contributed by atoms with Crippen molar-refractivity contribution in [2.45, 2.75) is 51.8 Å². The molecule has 23 heavy (non-hydrogen) atoms. The van der Waals surface area contributed by atoms with Crippen LogP contribution in [0.25, 0.3) is 0 Å². The van der Waals surface area contributed by atoms with Gasteiger partial charge in [-0.3, -0.25) is 4.90 Å². The third-order valence-corrected chi connectivity index (χ3v) is 6.90. The van der Waals surface area contributed by atoms with Crippen LogP contribution in [0, 0.1) is 27.9 Å². The highest BCUT2D eigenvalue weighted by molar-refractivity contribution is 7.71. The first-order valence-electron chi connectivity index (χ1n) is 8.90. The summed E-state index contributed by atoms with van der Waals surface area (Å²) in [7, 11) is 4.06. The molecule has 0 saturated heterocycles. The molecule has 4 bridgehead atoms. The molecule has 1 aromatic heterocycles. The number of rotatable bonds is 5. The Balaban J connectivity index is 1.46. The molecule has 4 aliphatic rings. The summed E-state index contributed by atoms with van der Waals surface area (Å²) in [5.74, 6) is 3.62. The Morgan fingerprint density at radius 2 is 1.78 bits per heavy atom. The summed E-state index contributed by atoms with van der Waals surface area (Å²) < 4.78 is 4.33. The molecule has 0 aromatic carbocycles. The second kappa shape index (κ2) is 5.67. The van der Waals surface area contributed by atoms with Gasteiger partial charge in [0.25, 0.3) is 0 Å². The van der Waals surface area contributed by atoms with E-state index in [1.165, 1.54) is 38.5 Å². The minimum absolute atomic E-state index is 0.0637. The Labute approximate surface area is 143 Å². The van der Waals surface area contributed by atoms with Crippen molar-refractivity contribution in [2.75, 3.05) is 13.6 Å². The van der Waals surface area contributed by atoms with E-state index >= 15 is 0 Å². The highest BCUT2D eigenvalue weighted by Crippen LogP contribution is 2.60. The van der Waals surface area contributed by atoms with Crippen molar-refractivity contribution < 1.29 is 5.11 Å². The fraction of sp³-hybridized carbons (Fsp3) is 0.882. The van der Waals surface area contributed by atoms with E-state index in [9.17, 15) is 5.11 Å². The molecule has 0 amide bonds. The van der Waals surface area contributed by atoms with Crippen LogP contribution in [-0.4, -0.2) is 37.9 Å². The molecule has 0 spiro atoms. The molecule has 0 aliphatic heterocycles. The molecule has 5 nitrogen and oxygen atoms in total. The van der Waals surface area contributed by atoms with Crippen LogP contribution in [0.15, 0.2) is 0 Å². The van der Waals surface area contributed by atoms with Crippen LogP contribution in [0.4, 0.5) is 0 Å². The molecular formula is C17H28N4OS. The lowest BCUT2D eigenvalue weighted by Crippen LogP contribution is -2.50. The van der Waals surface area contributed by atoms with Gasteiger partial charge < -0.3 is 9.67 Å². The van der Waals surface area contributed by atoms with E-state index in [1.807, 2.05) is 11.7 Å². The van der Waals surface area contributed by atoms with Gasteiger partial charge in [0.1, 0.15) is 6.61 Å². The van der Waals surface area contributed by atoms with Crippen molar-refractivity contribution in [2.24, 2.45) is 30.2 Å². The average Bonchev–Trinajstić information content (AvgIpc) is 2.73. The summed E-state index contributed by atoms with van der Waals surface area (Å²) in [6.45, 7) is 1.81. The summed E-state index contributed by atoms with van der Waals surface area (Å²) in [6, 6.07) is 0. The Hall–Kier alpha value is -0.720. The molecule has 4 aliphatic carbocycles. The van der Waals surface area contributed by atoms with Crippen molar-refractivity contribution >= 4 is 12.2 Å². The van der Waals surface area contributed by atoms with Crippen molar-refractivity contribution in [3.63, 3.8) is 0 Å². The third-order valence-electron chi connectivity index (χ3n) is 6.42. The van der Waals surface area contributed by atoms with Crippen molar-refractivity contribution in [1.82, 2.24) is 19.2 Å². The largest absolute Gasteiger partial charge is 0.388 e. The molecule has 128 valence electrons. The number of aliphatic hydroxyl groups is 1. The van der Waals surface area contributed by atoms with Gasteiger partial charge in [0.15, 0.2) is 10.6 Å². The van der Waals surface area contributed by atoms with E-state index in [-0.39, 0.29) is 6.61 Å². The lowest BCUT2D eigenvalue weighted by molar-refractivity contribution is -0.0697. The molecule has 5 rings (SSSR count). The van der Waals surface area contributed by atoms with Gasteiger partial charge in [-0.05, 0) is 81.0 Å². The van der Waals surface area contributed by atoms with Gasteiger partial charge in [0, 0.05) is 13.6 Å². The van der Waals surface area contributed by atoms with Gasteiger partial charge in [0.05, 0.1) is 6.67 Å². The quantitative estimate of drug-likeness (QED) is 0.840. The predicted octanol–water partition coefficient (Wildman–Crippen LogP) is 2.55. The molecule has 6 heteroatoms. The number of nitrogens with zero attached hydrogens (tertiary/aromatic N) is 4. The summed E-state index contributed by atoms with van der Waals surface area (Å²) in [5, 5.41) is 13.8. The van der Waals surface area contributed by atoms with Gasteiger partial charge in [-0.1, -0.05) is 0 Å². The smallest absolute Gasteiger partial charge is 0.198 e. The predicted molar refractivity (Wildman–Crippen MR) is 91.2 cm³/mol. The second-order valence-corrected chi connectivity index (χ2v) is 8.85. The van der Waals surface area contributed by atoms with E-state index in [4.69, 9.17) is 12.2 Å². The van der Waals surface area contributed by atoms with E-state index in [0.29, 0.717) is 22.7 Å². The minimum atomic E-state index is -0.0637. The van der Waals surface area contributed by atoms with Crippen LogP contribution >= 0.6 is 12.2 Å². The van der Waals surface area contributed by atoms with Gasteiger partial charge >= 0.3 is 0 Å². The highest BCUT2D eigenvalue weighted by atomic mass is 32.1. The monoisotopic (exact) mass is 336 g/mol. The Morgan fingerprint density at radius 1 is 1.22 bits per heavy atom. The van der Waals surface area contributed by atoms with Gasteiger partial charge in [-0.15, -0.1) is 0 Å². The number of hydrogen-bond donors (Lipinski definition) is 1. The summed E-state index contributed by atoms with van der Waals surface area (Å²) in [4.78, 5) is 2.39. The fourth-order valence-electron chi connectivity index (χ4n) is 6.10. The zero-order valence-electron chi connectivity index (χ0n) is 14.2. The Bertz CT molecular complexity index is 614. The van der Waals surface area contributed by atoms with Gasteiger partial charge in [0.2, 0.25) is 0 Å². The molecular weight excluding hydrogens is 308 g/mol. The van der Waals surface area contributed by atoms with Crippen LogP contribution in [0.3, 0.4) is 0 Å². The Kier molecular flexibility index (Phi) is 3.89. The molecule has 1 heterocycles. The molecule has 0 unspecified atom stereocenters. The molecule has 0 radical (unpaired) electrons. The van der Waals surface area contributed by atoms with Crippen LogP contribution in [-0.2, 0) is 20.3 Å². The minimum Gasteiger partial charge on any atom is -0.388 e. The van der Waals surface area contributed by atoms with Gasteiger partial charge in [-0.2, -0.15) is 5.10 Å². The van der Waals surface area contributed by atoms with Gasteiger partial charge in [-0.25, -0.2) is 4.68 Å². The van der Waals surface area contributed by atoms with E-state index < -0.39 is 0 Å². The van der Waals surface area contributed by atoms with E-state index in [1.54, 1.807) is 4.57 Å². The standard InChI is InChI=1S/C17H28N4OS/c1-19(11-21-16(23)20(2)15(9-22)18-21)10-17-6-12-3-13(7-17)5-14(4-12)8-17/h12-14,22H,3-11H2,1-2H3. The molecule has 0 atom stereocenters. The zero-order valence-corrected chi connectivity index (χ0v) is 15.1. The first-order valence-corrected chi connectivity index (χ1v) is 9.31. The average molecular weight is 337 g/mol. The SMILES string of the molecule is CN(Cn1nc(CO)n(C)c1=S)CC12CC3CC(CC(C3)C1)C2. The normalized spacial score (nSPS) is 35.4. The number of aromatic nitrogens is 3. The van der Waals surface area contributed by atoms with Crippen molar-refractivity contribution in [1.29, 1.82) is 0 Å². The van der Waals surface area contributed by atoms with Crippen molar-refractivity contribution in [3.8, 4) is 0 Å². The lowest BCUT2D eigenvalue weighted by atomic mass is 9.49. The number of aliphatic hydroxyl groups excluding tert-OH is 1. The van der Waals surface area contributed by atoms with E-state index in [2.05, 4.69) is 17.0 Å². The topological polar surface area (TPSA) is 46.2 Å². The molecule has 1 N–H and O–H groups in total. The maximum atomic E-state index is 9.34. The highest BCUT2D eigenvalue weighted by Gasteiger charge is 2.50. The first kappa shape index (κ1) is 15.8.